The molecule has 0 bridgehead atoms. The maximum Gasteiger partial charge on any atom is 0.337 e. The minimum Gasteiger partial charge on any atom is -0.481 e. The van der Waals surface area contributed by atoms with E-state index in [1.54, 1.807) is 0 Å². The molecular formula is C24H15ClN2O7. The molecule has 1 aliphatic heterocycles. The van der Waals surface area contributed by atoms with Crippen LogP contribution in [0.1, 0.15) is 47.0 Å². The normalized spacial score (nSPS) is 12.4. The Labute approximate surface area is 197 Å². The molecule has 3 aromatic rings. The second-order valence-electron chi connectivity index (χ2n) is 7.39. The zero-order chi connectivity index (χ0) is 24.6. The fourth-order valence-electron chi connectivity index (χ4n) is 3.55. The zero-order valence-electron chi connectivity index (χ0n) is 17.2. The Morgan fingerprint density at radius 2 is 1.53 bits per heavy atom. The van der Waals surface area contributed by atoms with Crippen molar-refractivity contribution in [1.82, 2.24) is 0 Å². The van der Waals surface area contributed by atoms with Gasteiger partial charge in [0.25, 0.3) is 17.7 Å². The van der Waals surface area contributed by atoms with Crippen molar-refractivity contribution in [3.63, 3.8) is 0 Å². The van der Waals surface area contributed by atoms with Gasteiger partial charge < -0.3 is 15.5 Å². The average Bonchev–Trinajstić information content (AvgIpc) is 3.03. The number of carboxylic acid groups (broad SMARTS) is 2. The molecule has 0 fully saturated rings. The van der Waals surface area contributed by atoms with Crippen LogP contribution in [-0.2, 0) is 11.2 Å². The van der Waals surface area contributed by atoms with E-state index in [1.165, 1.54) is 60.7 Å². The number of rotatable bonds is 6. The van der Waals surface area contributed by atoms with Gasteiger partial charge in [-0.25, -0.2) is 9.69 Å². The highest BCUT2D eigenvalue weighted by Gasteiger charge is 2.37. The van der Waals surface area contributed by atoms with Crippen LogP contribution in [-0.4, -0.2) is 39.9 Å². The van der Waals surface area contributed by atoms with Crippen molar-refractivity contribution in [3.05, 3.63) is 93.5 Å². The van der Waals surface area contributed by atoms with Crippen molar-refractivity contribution >= 4 is 52.6 Å². The standard InChI is InChI=1S/C24H15ClN2O7/c25-14-4-8-17(24(33)34)19(11-14)26-21(30)13-3-7-16-18(10-13)23(32)27(22(16)31)15-5-1-12(2-6-15)9-20(28)29/h1-8,10-11H,9H2,(H,26,30)(H,28,29)(H,33,34). The summed E-state index contributed by atoms with van der Waals surface area (Å²) >= 11 is 5.91. The number of aliphatic carboxylic acids is 1. The first-order chi connectivity index (χ1) is 16.2. The minimum atomic E-state index is -1.26. The van der Waals surface area contributed by atoms with Crippen LogP contribution in [0.25, 0.3) is 0 Å². The number of carbonyl (C=O) groups is 5. The maximum atomic E-state index is 13.0. The Morgan fingerprint density at radius 1 is 0.853 bits per heavy atom. The van der Waals surface area contributed by atoms with E-state index < -0.39 is 29.7 Å². The molecule has 0 saturated carbocycles. The molecule has 9 nitrogen and oxygen atoms in total. The Balaban J connectivity index is 1.60. The number of nitrogens with zero attached hydrogens (tertiary/aromatic N) is 1. The maximum absolute atomic E-state index is 13.0. The summed E-state index contributed by atoms with van der Waals surface area (Å²) in [6.45, 7) is 0. The quantitative estimate of drug-likeness (QED) is 0.458. The highest BCUT2D eigenvalue weighted by Crippen LogP contribution is 2.30. The number of fused-ring (bicyclic) bond motifs is 1. The lowest BCUT2D eigenvalue weighted by Crippen LogP contribution is -2.29. The van der Waals surface area contributed by atoms with Crippen LogP contribution in [0.15, 0.2) is 60.7 Å². The highest BCUT2D eigenvalue weighted by atomic mass is 35.5. The molecule has 0 unspecified atom stereocenters. The number of aromatic carboxylic acids is 1. The van der Waals surface area contributed by atoms with Crippen LogP contribution in [0.3, 0.4) is 0 Å². The zero-order valence-corrected chi connectivity index (χ0v) is 18.0. The highest BCUT2D eigenvalue weighted by molar-refractivity contribution is 6.35. The summed E-state index contributed by atoms with van der Waals surface area (Å²) in [6, 6.07) is 13.8. The Kier molecular flexibility index (Phi) is 5.87. The molecule has 10 heteroatoms. The predicted molar refractivity (Wildman–Crippen MR) is 122 cm³/mol. The van der Waals surface area contributed by atoms with Crippen molar-refractivity contribution < 1.29 is 34.2 Å². The minimum absolute atomic E-state index is 0.0109. The Morgan fingerprint density at radius 3 is 2.18 bits per heavy atom. The number of hydrogen-bond donors (Lipinski definition) is 3. The summed E-state index contributed by atoms with van der Waals surface area (Å²) in [6.07, 6.45) is -0.197. The first-order valence-electron chi connectivity index (χ1n) is 9.83. The lowest BCUT2D eigenvalue weighted by atomic mass is 10.0. The number of hydrogen-bond acceptors (Lipinski definition) is 5. The molecule has 0 radical (unpaired) electrons. The largest absolute Gasteiger partial charge is 0.481 e. The molecule has 34 heavy (non-hydrogen) atoms. The number of imide groups is 1. The Hall–Kier alpha value is -4.50. The molecule has 0 aromatic heterocycles. The number of carbonyl (C=O) groups excluding carboxylic acids is 3. The van der Waals surface area contributed by atoms with E-state index in [4.69, 9.17) is 16.7 Å². The van der Waals surface area contributed by atoms with Gasteiger partial charge in [0.15, 0.2) is 0 Å². The van der Waals surface area contributed by atoms with Crippen LogP contribution in [0.2, 0.25) is 5.02 Å². The van der Waals surface area contributed by atoms with E-state index in [-0.39, 0.29) is 45.1 Å². The summed E-state index contributed by atoms with van der Waals surface area (Å²) in [5.41, 5.74) is 0.737. The molecule has 0 atom stereocenters. The number of anilines is 2. The summed E-state index contributed by atoms with van der Waals surface area (Å²) in [7, 11) is 0. The molecule has 170 valence electrons. The number of halogens is 1. The number of amides is 3. The molecule has 0 saturated heterocycles. The summed E-state index contributed by atoms with van der Waals surface area (Å²) in [5.74, 6) is -4.18. The van der Waals surface area contributed by atoms with Gasteiger partial charge in [-0.1, -0.05) is 23.7 Å². The SMILES string of the molecule is O=C(O)Cc1ccc(N2C(=O)c3ccc(C(=O)Nc4cc(Cl)ccc4C(=O)O)cc3C2=O)cc1. The van der Waals surface area contributed by atoms with E-state index in [9.17, 15) is 29.1 Å². The van der Waals surface area contributed by atoms with Gasteiger partial charge in [0.2, 0.25) is 0 Å². The molecule has 0 aliphatic carbocycles. The van der Waals surface area contributed by atoms with E-state index in [0.717, 1.165) is 4.90 Å². The molecule has 3 N–H and O–H groups in total. The van der Waals surface area contributed by atoms with E-state index in [2.05, 4.69) is 5.32 Å². The predicted octanol–water partition coefficient (Wildman–Crippen LogP) is 3.72. The summed E-state index contributed by atoms with van der Waals surface area (Å²) < 4.78 is 0. The lowest BCUT2D eigenvalue weighted by molar-refractivity contribution is -0.136. The number of nitrogens with one attached hydrogen (secondary N) is 1. The molecule has 0 spiro atoms. The average molecular weight is 479 g/mol. The first kappa shape index (κ1) is 22.7. The van der Waals surface area contributed by atoms with Gasteiger partial charge in [-0.3, -0.25) is 19.2 Å². The van der Waals surface area contributed by atoms with Crippen LogP contribution < -0.4 is 10.2 Å². The topological polar surface area (TPSA) is 141 Å². The van der Waals surface area contributed by atoms with Gasteiger partial charge in [-0.15, -0.1) is 0 Å². The van der Waals surface area contributed by atoms with Crippen molar-refractivity contribution in [1.29, 1.82) is 0 Å². The van der Waals surface area contributed by atoms with Gasteiger partial charge in [0.1, 0.15) is 0 Å². The third kappa shape index (κ3) is 4.24. The van der Waals surface area contributed by atoms with Gasteiger partial charge in [0.05, 0.1) is 34.5 Å². The Bertz CT molecular complexity index is 1380. The second-order valence-corrected chi connectivity index (χ2v) is 7.83. The van der Waals surface area contributed by atoms with Crippen LogP contribution in [0.5, 0.6) is 0 Å². The fourth-order valence-corrected chi connectivity index (χ4v) is 3.73. The van der Waals surface area contributed by atoms with Crippen molar-refractivity contribution in [2.24, 2.45) is 0 Å². The number of carboxylic acids is 2. The van der Waals surface area contributed by atoms with Gasteiger partial charge in [-0.2, -0.15) is 0 Å². The molecular weight excluding hydrogens is 464 g/mol. The molecule has 1 aliphatic rings. The number of benzene rings is 3. The van der Waals surface area contributed by atoms with Crippen molar-refractivity contribution in [2.75, 3.05) is 10.2 Å². The summed E-state index contributed by atoms with van der Waals surface area (Å²) in [4.78, 5) is 61.8. The molecule has 3 amide bonds. The monoisotopic (exact) mass is 478 g/mol. The molecule has 1 heterocycles. The molecule has 3 aromatic carbocycles. The van der Waals surface area contributed by atoms with E-state index >= 15 is 0 Å². The van der Waals surface area contributed by atoms with Gasteiger partial charge >= 0.3 is 11.9 Å². The van der Waals surface area contributed by atoms with Crippen LogP contribution in [0.4, 0.5) is 11.4 Å². The molecule has 4 rings (SSSR count). The van der Waals surface area contributed by atoms with Crippen molar-refractivity contribution in [2.45, 2.75) is 6.42 Å². The smallest absolute Gasteiger partial charge is 0.337 e. The van der Waals surface area contributed by atoms with E-state index in [1.807, 2.05) is 0 Å². The van der Waals surface area contributed by atoms with Crippen LogP contribution in [0, 0.1) is 0 Å². The fraction of sp³-hybridized carbons (Fsp3) is 0.0417. The summed E-state index contributed by atoms with van der Waals surface area (Å²) in [5, 5.41) is 20.9. The second kappa shape index (κ2) is 8.80. The van der Waals surface area contributed by atoms with E-state index in [0.29, 0.717) is 5.56 Å². The van der Waals surface area contributed by atoms with Crippen LogP contribution >= 0.6 is 11.6 Å². The van der Waals surface area contributed by atoms with Gasteiger partial charge in [0, 0.05) is 10.6 Å². The third-order valence-electron chi connectivity index (χ3n) is 5.16. The van der Waals surface area contributed by atoms with Crippen molar-refractivity contribution in [3.8, 4) is 0 Å². The third-order valence-corrected chi connectivity index (χ3v) is 5.39. The first-order valence-corrected chi connectivity index (χ1v) is 10.2. The lowest BCUT2D eigenvalue weighted by Gasteiger charge is -2.14. The van der Waals surface area contributed by atoms with Gasteiger partial charge in [-0.05, 0) is 54.1 Å².